The predicted molar refractivity (Wildman–Crippen MR) is 137 cm³/mol. The molecule has 2 aromatic rings. The molecule has 2 unspecified atom stereocenters. The van der Waals surface area contributed by atoms with Crippen LogP contribution in [0.4, 0.5) is 0 Å². The Balaban J connectivity index is 1.97. The number of rotatable bonds is 11. The van der Waals surface area contributed by atoms with Crippen molar-refractivity contribution >= 4 is 27.8 Å². The highest BCUT2D eigenvalue weighted by molar-refractivity contribution is 7.89. The summed E-state index contributed by atoms with van der Waals surface area (Å²) in [6.45, 7) is 6.71. The summed E-state index contributed by atoms with van der Waals surface area (Å²) >= 11 is 0. The predicted octanol–water partition coefficient (Wildman–Crippen LogP) is 3.29. The highest BCUT2D eigenvalue weighted by atomic mass is 32.2. The molecule has 9 nitrogen and oxygen atoms in total. The Kier molecular flexibility index (Phi) is 9.04. The van der Waals surface area contributed by atoms with Gasteiger partial charge in [-0.05, 0) is 63.8 Å². The van der Waals surface area contributed by atoms with Gasteiger partial charge in [-0.1, -0.05) is 42.5 Å². The minimum absolute atomic E-state index is 0.114. The third-order valence-corrected chi connectivity index (χ3v) is 6.93. The summed E-state index contributed by atoms with van der Waals surface area (Å²) in [5, 5.41) is 1.09. The van der Waals surface area contributed by atoms with Crippen molar-refractivity contribution in [3.8, 4) is 11.1 Å². The number of nitrogens with one attached hydrogen (secondary N) is 1. The molecule has 1 N–H and O–H groups in total. The van der Waals surface area contributed by atoms with Crippen LogP contribution in [0.3, 0.4) is 0 Å². The van der Waals surface area contributed by atoms with Gasteiger partial charge in [-0.25, -0.2) is 18.3 Å². The van der Waals surface area contributed by atoms with E-state index in [0.29, 0.717) is 12.8 Å². The minimum atomic E-state index is -4.31. The van der Waals surface area contributed by atoms with Gasteiger partial charge in [0.25, 0.3) is 5.91 Å². The fourth-order valence-electron chi connectivity index (χ4n) is 3.65. The molecule has 10 heteroatoms. The average Bonchev–Trinajstić information content (AvgIpc) is 3.69. The van der Waals surface area contributed by atoms with E-state index < -0.39 is 39.5 Å². The van der Waals surface area contributed by atoms with E-state index in [9.17, 15) is 22.8 Å². The quantitative estimate of drug-likeness (QED) is 0.270. The van der Waals surface area contributed by atoms with Crippen LogP contribution in [-0.2, 0) is 34.0 Å². The molecular formula is C27H32N2O7S. The van der Waals surface area contributed by atoms with Crippen LogP contribution in [0.5, 0.6) is 0 Å². The van der Waals surface area contributed by atoms with Crippen LogP contribution in [0.2, 0.25) is 0 Å². The maximum atomic E-state index is 13.6. The van der Waals surface area contributed by atoms with Gasteiger partial charge in [-0.2, -0.15) is 4.72 Å². The van der Waals surface area contributed by atoms with E-state index in [1.165, 1.54) is 18.1 Å². The van der Waals surface area contributed by atoms with E-state index >= 15 is 0 Å². The van der Waals surface area contributed by atoms with Crippen molar-refractivity contribution in [2.75, 3.05) is 6.61 Å². The monoisotopic (exact) mass is 528 g/mol. The molecule has 2 aromatic carbocycles. The van der Waals surface area contributed by atoms with Crippen LogP contribution >= 0.6 is 0 Å². The lowest BCUT2D eigenvalue weighted by atomic mass is 9.99. The first-order chi connectivity index (χ1) is 17.5. The minimum Gasteiger partial charge on any atom is -0.459 e. The van der Waals surface area contributed by atoms with Crippen molar-refractivity contribution in [3.63, 3.8) is 0 Å². The van der Waals surface area contributed by atoms with E-state index in [2.05, 4.69) is 4.72 Å². The first kappa shape index (κ1) is 28.3. The molecule has 0 spiro atoms. The summed E-state index contributed by atoms with van der Waals surface area (Å²) in [5.74, 6) is -1.79. The van der Waals surface area contributed by atoms with Crippen molar-refractivity contribution < 1.29 is 32.4 Å². The second kappa shape index (κ2) is 11.8. The van der Waals surface area contributed by atoms with Gasteiger partial charge < -0.3 is 4.74 Å². The van der Waals surface area contributed by atoms with E-state index in [1.807, 2.05) is 30.3 Å². The van der Waals surface area contributed by atoms with Gasteiger partial charge in [0, 0.05) is 6.08 Å². The maximum Gasteiger partial charge on any atom is 0.316 e. The average molecular weight is 529 g/mol. The Hall–Kier alpha value is -3.30. The third kappa shape index (κ3) is 7.60. The zero-order valence-electron chi connectivity index (χ0n) is 21.3. The number of carbonyl (C=O) groups is 2. The van der Waals surface area contributed by atoms with Crippen LogP contribution in [0, 0.1) is 5.92 Å². The molecule has 0 radical (unpaired) electrons. The second-order valence-electron chi connectivity index (χ2n) is 9.65. The summed E-state index contributed by atoms with van der Waals surface area (Å²) in [7, 11) is -4.31. The van der Waals surface area contributed by atoms with Gasteiger partial charge in [0.05, 0.1) is 17.5 Å². The third-order valence-electron chi connectivity index (χ3n) is 5.47. The van der Waals surface area contributed by atoms with Gasteiger partial charge in [0.2, 0.25) is 10.0 Å². The van der Waals surface area contributed by atoms with E-state index in [-0.39, 0.29) is 17.5 Å². The van der Waals surface area contributed by atoms with Crippen LogP contribution in [0.15, 0.2) is 65.6 Å². The van der Waals surface area contributed by atoms with Crippen LogP contribution < -0.4 is 4.72 Å². The number of nitrogens with zero attached hydrogens (tertiary/aromatic N) is 1. The molecule has 1 fully saturated rings. The molecule has 0 aliphatic heterocycles. The molecule has 1 aliphatic carbocycles. The van der Waals surface area contributed by atoms with Crippen molar-refractivity contribution in [2.45, 2.75) is 63.1 Å². The molecule has 0 heterocycles. The van der Waals surface area contributed by atoms with E-state index in [4.69, 9.17) is 9.57 Å². The number of hydrogen-bond acceptors (Lipinski definition) is 7. The number of hydrogen-bond donors (Lipinski definition) is 1. The van der Waals surface area contributed by atoms with Crippen LogP contribution in [-0.4, -0.2) is 55.6 Å². The molecule has 1 saturated carbocycles. The zero-order chi connectivity index (χ0) is 27.2. The van der Waals surface area contributed by atoms with Crippen molar-refractivity contribution in [1.29, 1.82) is 0 Å². The Morgan fingerprint density at radius 1 is 1.08 bits per heavy atom. The number of sulfonamides is 1. The Morgan fingerprint density at radius 2 is 1.68 bits per heavy atom. The topological polar surface area (TPSA) is 119 Å². The summed E-state index contributed by atoms with van der Waals surface area (Å²) in [6, 6.07) is 13.6. The van der Waals surface area contributed by atoms with Gasteiger partial charge in [0.15, 0.2) is 0 Å². The lowest BCUT2D eigenvalue weighted by Gasteiger charge is -2.30. The molecule has 0 aromatic heterocycles. The number of hydroxylamine groups is 2. The summed E-state index contributed by atoms with van der Waals surface area (Å²) in [4.78, 5) is 43.3. The fourth-order valence-corrected chi connectivity index (χ4v) is 4.86. The Bertz CT molecular complexity index is 1240. The fraction of sp³-hybridized carbons (Fsp3) is 0.407. The molecule has 37 heavy (non-hydrogen) atoms. The second-order valence-corrected chi connectivity index (χ2v) is 11.4. The first-order valence-corrected chi connectivity index (χ1v) is 13.5. The van der Waals surface area contributed by atoms with Gasteiger partial charge in [-0.15, -0.1) is 0 Å². The number of esters is 1. The Labute approximate surface area is 217 Å². The highest BCUT2D eigenvalue weighted by Gasteiger charge is 2.44. The zero-order valence-corrected chi connectivity index (χ0v) is 22.2. The van der Waals surface area contributed by atoms with Gasteiger partial charge >= 0.3 is 5.97 Å². The number of ether oxygens (including phenoxy) is 1. The number of benzene rings is 2. The number of carbonyl (C=O) groups excluding carboxylic acids is 3. The molecule has 1 aliphatic rings. The first-order valence-electron chi connectivity index (χ1n) is 12.0. The lowest BCUT2D eigenvalue weighted by molar-refractivity contribution is -0.192. The summed E-state index contributed by atoms with van der Waals surface area (Å²) in [6.07, 6.45) is 2.15. The van der Waals surface area contributed by atoms with Gasteiger partial charge in [-0.3, -0.25) is 14.4 Å². The Morgan fingerprint density at radius 3 is 2.19 bits per heavy atom. The smallest absolute Gasteiger partial charge is 0.316 e. The van der Waals surface area contributed by atoms with Crippen molar-refractivity contribution in [1.82, 2.24) is 9.79 Å². The van der Waals surface area contributed by atoms with Crippen LogP contribution in [0.1, 0.15) is 40.5 Å². The summed E-state index contributed by atoms with van der Waals surface area (Å²) in [5.41, 5.74) is 0.770. The standard InChI is InChI=1S/C27H32N2O7S/c1-5-35-29(21-13-14-21)25(31)24(23(17-18-30)26(32)36-27(2,3)4)28-37(33,34)22-15-11-20(12-16-22)19-9-7-6-8-10-19/h6-12,15-17,21,23-24,28H,5,13-14H2,1-4H3. The SMILES string of the molecule is CCON(C(=O)C(NS(=O)(=O)c1ccc(-c2ccccc2)cc1)C(C=C=O)C(=O)OC(C)(C)C)C1CC1. The van der Waals surface area contributed by atoms with Gasteiger partial charge in [0.1, 0.15) is 23.5 Å². The van der Waals surface area contributed by atoms with Crippen molar-refractivity contribution in [3.05, 3.63) is 60.7 Å². The molecule has 0 bridgehead atoms. The largest absolute Gasteiger partial charge is 0.459 e. The molecule has 0 saturated heterocycles. The molecule has 2 atom stereocenters. The summed E-state index contributed by atoms with van der Waals surface area (Å²) < 4.78 is 34.5. The molecule has 3 rings (SSSR count). The van der Waals surface area contributed by atoms with E-state index in [1.54, 1.807) is 39.8 Å². The molecule has 198 valence electrons. The molecular weight excluding hydrogens is 496 g/mol. The normalized spacial score (nSPS) is 15.2. The van der Waals surface area contributed by atoms with E-state index in [0.717, 1.165) is 22.3 Å². The lowest BCUT2D eigenvalue weighted by Crippen LogP contribution is -2.54. The number of amides is 1. The highest BCUT2D eigenvalue weighted by Crippen LogP contribution is 2.30. The molecule has 1 amide bonds. The van der Waals surface area contributed by atoms with Crippen LogP contribution in [0.25, 0.3) is 11.1 Å². The van der Waals surface area contributed by atoms with Crippen molar-refractivity contribution in [2.24, 2.45) is 5.92 Å². The maximum absolute atomic E-state index is 13.6.